The molecule has 0 radical (unpaired) electrons. The van der Waals surface area contributed by atoms with Crippen LogP contribution in [0.5, 0.6) is 5.75 Å². The van der Waals surface area contributed by atoms with Crippen molar-refractivity contribution in [3.63, 3.8) is 0 Å². The van der Waals surface area contributed by atoms with Crippen LogP contribution in [0, 0.1) is 6.92 Å². The molecular weight excluding hydrogens is 372 g/mol. The molecule has 2 aromatic carbocycles. The van der Waals surface area contributed by atoms with Gasteiger partial charge < -0.3 is 20.5 Å². The number of aliphatic carboxylic acids is 1. The van der Waals surface area contributed by atoms with Gasteiger partial charge in [-0.2, -0.15) is 0 Å². The van der Waals surface area contributed by atoms with Crippen LogP contribution in [0.1, 0.15) is 35.3 Å². The average molecular weight is 396 g/mol. The van der Waals surface area contributed by atoms with E-state index in [1.807, 2.05) is 13.8 Å². The number of hydrogen-bond donors (Lipinski definition) is 3. The zero-order chi connectivity index (χ0) is 21.4. The summed E-state index contributed by atoms with van der Waals surface area (Å²) in [5.74, 6) is -1.67. The summed E-state index contributed by atoms with van der Waals surface area (Å²) in [6, 6.07) is 12.7. The lowest BCUT2D eigenvalue weighted by Gasteiger charge is -2.14. The summed E-state index contributed by atoms with van der Waals surface area (Å²) in [6.07, 6.45) is 1.48. The number of aryl methyl sites for hydroxylation is 1. The SMILES string of the molecule is CCOc1ccc(/C=C(/NC(=O)c2ccc(C)cc2)C(=O)N[C@@H](C)C(=O)O)cc1. The fourth-order valence-electron chi connectivity index (χ4n) is 2.39. The molecule has 0 aliphatic rings. The van der Waals surface area contributed by atoms with E-state index in [9.17, 15) is 14.4 Å². The third-order valence-corrected chi connectivity index (χ3v) is 4.03. The fourth-order valence-corrected chi connectivity index (χ4v) is 2.39. The van der Waals surface area contributed by atoms with Crippen molar-refractivity contribution in [1.82, 2.24) is 10.6 Å². The van der Waals surface area contributed by atoms with Crippen molar-refractivity contribution < 1.29 is 24.2 Å². The van der Waals surface area contributed by atoms with Gasteiger partial charge >= 0.3 is 5.97 Å². The number of carbonyl (C=O) groups excluding carboxylic acids is 2. The summed E-state index contributed by atoms with van der Waals surface area (Å²) in [5.41, 5.74) is 1.96. The van der Waals surface area contributed by atoms with Crippen LogP contribution in [0.2, 0.25) is 0 Å². The molecule has 2 rings (SSSR count). The van der Waals surface area contributed by atoms with E-state index in [4.69, 9.17) is 9.84 Å². The monoisotopic (exact) mass is 396 g/mol. The molecule has 2 amide bonds. The molecule has 0 aliphatic heterocycles. The molecule has 7 heteroatoms. The normalized spacial score (nSPS) is 12.0. The summed E-state index contributed by atoms with van der Waals surface area (Å²) in [4.78, 5) is 36.2. The van der Waals surface area contributed by atoms with Gasteiger partial charge in [-0.05, 0) is 56.7 Å². The Hall–Kier alpha value is -3.61. The molecular formula is C22H24N2O5. The van der Waals surface area contributed by atoms with Crippen molar-refractivity contribution >= 4 is 23.9 Å². The minimum Gasteiger partial charge on any atom is -0.494 e. The van der Waals surface area contributed by atoms with Crippen LogP contribution in [-0.4, -0.2) is 35.5 Å². The molecule has 7 nitrogen and oxygen atoms in total. The standard InChI is InChI=1S/C22H24N2O5/c1-4-29-18-11-7-16(8-12-18)13-19(21(26)23-15(3)22(27)28)24-20(25)17-9-5-14(2)6-10-17/h5-13,15H,4H2,1-3H3,(H,23,26)(H,24,25)(H,27,28)/b19-13+/t15-/m0/s1. The highest BCUT2D eigenvalue weighted by Gasteiger charge is 2.19. The number of nitrogens with one attached hydrogen (secondary N) is 2. The first-order valence-corrected chi connectivity index (χ1v) is 9.16. The number of rotatable bonds is 8. The molecule has 0 spiro atoms. The smallest absolute Gasteiger partial charge is 0.325 e. The Morgan fingerprint density at radius 3 is 2.24 bits per heavy atom. The summed E-state index contributed by atoms with van der Waals surface area (Å²) < 4.78 is 5.39. The predicted molar refractivity (Wildman–Crippen MR) is 109 cm³/mol. The van der Waals surface area contributed by atoms with E-state index in [0.717, 1.165) is 5.56 Å². The quantitative estimate of drug-likeness (QED) is 0.595. The molecule has 0 unspecified atom stereocenters. The first-order valence-electron chi connectivity index (χ1n) is 9.16. The van der Waals surface area contributed by atoms with Gasteiger partial charge in [0, 0.05) is 5.56 Å². The van der Waals surface area contributed by atoms with Crippen LogP contribution in [-0.2, 0) is 9.59 Å². The minimum absolute atomic E-state index is 0.0622. The van der Waals surface area contributed by atoms with Crippen molar-refractivity contribution in [1.29, 1.82) is 0 Å². The van der Waals surface area contributed by atoms with E-state index in [1.54, 1.807) is 48.5 Å². The molecule has 0 bridgehead atoms. The number of hydrogen-bond acceptors (Lipinski definition) is 4. The molecule has 0 aliphatic carbocycles. The number of carbonyl (C=O) groups is 3. The van der Waals surface area contributed by atoms with Crippen molar-refractivity contribution in [2.45, 2.75) is 26.8 Å². The molecule has 0 aromatic heterocycles. The molecule has 3 N–H and O–H groups in total. The van der Waals surface area contributed by atoms with Crippen LogP contribution < -0.4 is 15.4 Å². The molecule has 1 atom stereocenters. The summed E-state index contributed by atoms with van der Waals surface area (Å²) >= 11 is 0. The van der Waals surface area contributed by atoms with Gasteiger partial charge in [-0.25, -0.2) is 0 Å². The van der Waals surface area contributed by atoms with Crippen LogP contribution in [0.15, 0.2) is 54.2 Å². The van der Waals surface area contributed by atoms with Gasteiger partial charge in [-0.3, -0.25) is 14.4 Å². The lowest BCUT2D eigenvalue weighted by molar-refractivity contribution is -0.140. The molecule has 0 saturated carbocycles. The van der Waals surface area contributed by atoms with Crippen molar-refractivity contribution in [3.05, 3.63) is 70.9 Å². The van der Waals surface area contributed by atoms with Gasteiger partial charge in [-0.1, -0.05) is 29.8 Å². The molecule has 2 aromatic rings. The van der Waals surface area contributed by atoms with E-state index in [2.05, 4.69) is 10.6 Å². The van der Waals surface area contributed by atoms with E-state index in [0.29, 0.717) is 23.5 Å². The first-order chi connectivity index (χ1) is 13.8. The van der Waals surface area contributed by atoms with Crippen LogP contribution in [0.4, 0.5) is 0 Å². The largest absolute Gasteiger partial charge is 0.494 e. The predicted octanol–water partition coefficient (Wildman–Crippen LogP) is 2.75. The van der Waals surface area contributed by atoms with Gasteiger partial charge in [0.2, 0.25) is 0 Å². The minimum atomic E-state index is -1.18. The Balaban J connectivity index is 2.28. The lowest BCUT2D eigenvalue weighted by atomic mass is 10.1. The second-order valence-electron chi connectivity index (χ2n) is 6.41. The van der Waals surface area contributed by atoms with E-state index >= 15 is 0 Å². The maximum absolute atomic E-state index is 12.6. The molecule has 29 heavy (non-hydrogen) atoms. The second kappa shape index (κ2) is 10.1. The summed E-state index contributed by atoms with van der Waals surface area (Å²) in [7, 11) is 0. The molecule has 0 heterocycles. The number of carboxylic acids is 1. The highest BCUT2D eigenvalue weighted by molar-refractivity contribution is 6.06. The zero-order valence-corrected chi connectivity index (χ0v) is 16.6. The van der Waals surface area contributed by atoms with Gasteiger partial charge in [-0.15, -0.1) is 0 Å². The number of ether oxygens (including phenoxy) is 1. The van der Waals surface area contributed by atoms with Gasteiger partial charge in [0.05, 0.1) is 6.61 Å². The molecule has 152 valence electrons. The topological polar surface area (TPSA) is 105 Å². The highest BCUT2D eigenvalue weighted by atomic mass is 16.5. The Morgan fingerprint density at radius 2 is 1.69 bits per heavy atom. The lowest BCUT2D eigenvalue weighted by Crippen LogP contribution is -2.42. The third-order valence-electron chi connectivity index (χ3n) is 4.03. The van der Waals surface area contributed by atoms with Gasteiger partial charge in [0.1, 0.15) is 17.5 Å². The number of benzene rings is 2. The third kappa shape index (κ3) is 6.49. The van der Waals surface area contributed by atoms with Crippen molar-refractivity contribution in [2.24, 2.45) is 0 Å². The van der Waals surface area contributed by atoms with E-state index in [1.165, 1.54) is 13.0 Å². The van der Waals surface area contributed by atoms with E-state index < -0.39 is 23.8 Å². The van der Waals surface area contributed by atoms with E-state index in [-0.39, 0.29) is 5.70 Å². The van der Waals surface area contributed by atoms with Crippen molar-refractivity contribution in [3.8, 4) is 5.75 Å². The van der Waals surface area contributed by atoms with Crippen LogP contribution >= 0.6 is 0 Å². The second-order valence-corrected chi connectivity index (χ2v) is 6.41. The van der Waals surface area contributed by atoms with Crippen LogP contribution in [0.25, 0.3) is 6.08 Å². The average Bonchev–Trinajstić information content (AvgIpc) is 2.69. The Labute approximate surface area is 169 Å². The first kappa shape index (κ1) is 21.7. The summed E-state index contributed by atoms with van der Waals surface area (Å²) in [5, 5.41) is 14.0. The number of carboxylic acid groups (broad SMARTS) is 1. The van der Waals surface area contributed by atoms with Crippen LogP contribution in [0.3, 0.4) is 0 Å². The highest BCUT2D eigenvalue weighted by Crippen LogP contribution is 2.15. The Kier molecular flexibility index (Phi) is 7.54. The maximum Gasteiger partial charge on any atom is 0.325 e. The molecule has 0 fully saturated rings. The maximum atomic E-state index is 12.6. The Morgan fingerprint density at radius 1 is 1.07 bits per heavy atom. The summed E-state index contributed by atoms with van der Waals surface area (Å²) in [6.45, 7) is 5.65. The fraction of sp³-hybridized carbons (Fsp3) is 0.227. The van der Waals surface area contributed by atoms with Gasteiger partial charge in [0.25, 0.3) is 11.8 Å². The van der Waals surface area contributed by atoms with Crippen molar-refractivity contribution in [2.75, 3.05) is 6.61 Å². The molecule has 0 saturated heterocycles. The zero-order valence-electron chi connectivity index (χ0n) is 16.6. The Bertz CT molecular complexity index is 902. The van der Waals surface area contributed by atoms with Gasteiger partial charge in [0.15, 0.2) is 0 Å². The number of amides is 2.